The summed E-state index contributed by atoms with van der Waals surface area (Å²) < 4.78 is 0. The molecule has 0 atom stereocenters. The first-order valence-electron chi connectivity index (χ1n) is 7.14. The monoisotopic (exact) mass is 274 g/mol. The number of benzene rings is 1. The van der Waals surface area contributed by atoms with Crippen LogP contribution < -0.4 is 5.73 Å². The highest BCUT2D eigenvalue weighted by molar-refractivity contribution is 5.97. The van der Waals surface area contributed by atoms with Crippen molar-refractivity contribution in [3.63, 3.8) is 0 Å². The van der Waals surface area contributed by atoms with Gasteiger partial charge >= 0.3 is 0 Å². The van der Waals surface area contributed by atoms with Crippen molar-refractivity contribution >= 4 is 11.8 Å². The Morgan fingerprint density at radius 2 is 1.65 bits per heavy atom. The molecule has 108 valence electrons. The minimum atomic E-state index is -0.473. The van der Waals surface area contributed by atoms with Crippen LogP contribution in [0.15, 0.2) is 24.3 Å². The maximum atomic E-state index is 12.7. The Morgan fingerprint density at radius 1 is 1.05 bits per heavy atom. The molecule has 0 aliphatic carbocycles. The molecular weight excluding hydrogens is 252 g/mol. The number of nitrogens with two attached hydrogens (primary N) is 1. The SMILES string of the molecule is CC1(C)CCCCCN1C(=O)c1ccc(C(N)=O)cc1. The summed E-state index contributed by atoms with van der Waals surface area (Å²) in [6.45, 7) is 5.03. The van der Waals surface area contributed by atoms with E-state index in [4.69, 9.17) is 5.73 Å². The molecule has 1 aliphatic rings. The van der Waals surface area contributed by atoms with Crippen molar-refractivity contribution in [2.45, 2.75) is 45.1 Å². The summed E-state index contributed by atoms with van der Waals surface area (Å²) in [7, 11) is 0. The fraction of sp³-hybridized carbons (Fsp3) is 0.500. The number of likely N-dealkylation sites (tertiary alicyclic amines) is 1. The molecule has 1 fully saturated rings. The predicted octanol–water partition coefficient (Wildman–Crippen LogP) is 2.58. The van der Waals surface area contributed by atoms with Gasteiger partial charge in [0.25, 0.3) is 5.91 Å². The second-order valence-electron chi connectivity index (χ2n) is 6.02. The highest BCUT2D eigenvalue weighted by atomic mass is 16.2. The second-order valence-corrected chi connectivity index (χ2v) is 6.02. The highest BCUT2D eigenvalue weighted by Crippen LogP contribution is 2.28. The molecule has 1 aromatic carbocycles. The van der Waals surface area contributed by atoms with Gasteiger partial charge in [-0.15, -0.1) is 0 Å². The topological polar surface area (TPSA) is 63.4 Å². The molecular formula is C16H22N2O2. The molecule has 0 spiro atoms. The number of nitrogens with zero attached hydrogens (tertiary/aromatic N) is 1. The average molecular weight is 274 g/mol. The Balaban J connectivity index is 2.22. The quantitative estimate of drug-likeness (QED) is 0.901. The number of carbonyl (C=O) groups is 2. The molecule has 1 aliphatic heterocycles. The van der Waals surface area contributed by atoms with Crippen molar-refractivity contribution in [1.82, 2.24) is 4.90 Å². The third-order valence-corrected chi connectivity index (χ3v) is 4.06. The first kappa shape index (κ1) is 14.6. The lowest BCUT2D eigenvalue weighted by molar-refractivity contribution is 0.0556. The maximum Gasteiger partial charge on any atom is 0.254 e. The third-order valence-electron chi connectivity index (χ3n) is 4.06. The normalized spacial score (nSPS) is 18.4. The van der Waals surface area contributed by atoms with E-state index in [1.54, 1.807) is 24.3 Å². The largest absolute Gasteiger partial charge is 0.366 e. The van der Waals surface area contributed by atoms with Gasteiger partial charge in [0.1, 0.15) is 0 Å². The Morgan fingerprint density at radius 3 is 2.25 bits per heavy atom. The number of primary amides is 1. The summed E-state index contributed by atoms with van der Waals surface area (Å²) in [5.74, 6) is -0.438. The lowest BCUT2D eigenvalue weighted by Gasteiger charge is -2.37. The van der Waals surface area contributed by atoms with Gasteiger partial charge in [-0.25, -0.2) is 0 Å². The van der Waals surface area contributed by atoms with Gasteiger partial charge in [0.2, 0.25) is 5.91 Å². The average Bonchev–Trinajstić information content (AvgIpc) is 2.58. The standard InChI is InChI=1S/C16H22N2O2/c1-16(2)10-4-3-5-11-18(16)15(20)13-8-6-12(7-9-13)14(17)19/h6-9H,3-5,10-11H2,1-2H3,(H2,17,19). The summed E-state index contributed by atoms with van der Waals surface area (Å²) in [6.07, 6.45) is 4.41. The van der Waals surface area contributed by atoms with Crippen LogP contribution in [0.4, 0.5) is 0 Å². The van der Waals surface area contributed by atoms with Gasteiger partial charge in [0.15, 0.2) is 0 Å². The van der Waals surface area contributed by atoms with Gasteiger partial charge in [0, 0.05) is 23.2 Å². The van der Waals surface area contributed by atoms with Gasteiger partial charge in [-0.2, -0.15) is 0 Å². The van der Waals surface area contributed by atoms with E-state index in [9.17, 15) is 9.59 Å². The predicted molar refractivity (Wildman–Crippen MR) is 78.5 cm³/mol. The molecule has 0 unspecified atom stereocenters. The Hall–Kier alpha value is -1.84. The smallest absolute Gasteiger partial charge is 0.254 e. The molecule has 1 saturated heterocycles. The van der Waals surface area contributed by atoms with Crippen LogP contribution in [0.5, 0.6) is 0 Å². The minimum Gasteiger partial charge on any atom is -0.366 e. The zero-order valence-electron chi connectivity index (χ0n) is 12.2. The van der Waals surface area contributed by atoms with Crippen LogP contribution >= 0.6 is 0 Å². The number of rotatable bonds is 2. The van der Waals surface area contributed by atoms with Crippen molar-refractivity contribution in [3.8, 4) is 0 Å². The Labute approximate surface area is 119 Å². The molecule has 0 radical (unpaired) electrons. The number of hydrogen-bond acceptors (Lipinski definition) is 2. The number of hydrogen-bond donors (Lipinski definition) is 1. The van der Waals surface area contributed by atoms with Crippen molar-refractivity contribution < 1.29 is 9.59 Å². The van der Waals surface area contributed by atoms with E-state index < -0.39 is 5.91 Å². The van der Waals surface area contributed by atoms with Crippen LogP contribution in [0.25, 0.3) is 0 Å². The van der Waals surface area contributed by atoms with Gasteiger partial charge in [-0.3, -0.25) is 9.59 Å². The van der Waals surface area contributed by atoms with Crippen LogP contribution in [0.3, 0.4) is 0 Å². The molecule has 0 bridgehead atoms. The molecule has 0 aromatic heterocycles. The molecule has 2 N–H and O–H groups in total. The molecule has 0 saturated carbocycles. The summed E-state index contributed by atoms with van der Waals surface area (Å²) in [4.78, 5) is 25.7. The minimum absolute atomic E-state index is 0.0351. The van der Waals surface area contributed by atoms with Crippen molar-refractivity contribution in [2.24, 2.45) is 5.73 Å². The van der Waals surface area contributed by atoms with Crippen molar-refractivity contribution in [1.29, 1.82) is 0 Å². The second kappa shape index (κ2) is 5.65. The summed E-state index contributed by atoms with van der Waals surface area (Å²) in [6, 6.07) is 6.59. The fourth-order valence-electron chi connectivity index (χ4n) is 2.75. The van der Waals surface area contributed by atoms with Crippen LogP contribution in [-0.2, 0) is 0 Å². The first-order valence-corrected chi connectivity index (χ1v) is 7.14. The van der Waals surface area contributed by atoms with Crippen LogP contribution in [0.2, 0.25) is 0 Å². The van der Waals surface area contributed by atoms with Crippen LogP contribution in [0, 0.1) is 0 Å². The Bertz CT molecular complexity index is 506. The number of amides is 2. The molecule has 1 heterocycles. The maximum absolute atomic E-state index is 12.7. The van der Waals surface area contributed by atoms with Crippen molar-refractivity contribution in [2.75, 3.05) is 6.54 Å². The van der Waals surface area contributed by atoms with Crippen LogP contribution in [0.1, 0.15) is 60.2 Å². The summed E-state index contributed by atoms with van der Waals surface area (Å²) >= 11 is 0. The molecule has 1 aromatic rings. The molecule has 2 amide bonds. The zero-order chi connectivity index (χ0) is 14.8. The fourth-order valence-corrected chi connectivity index (χ4v) is 2.75. The molecule has 20 heavy (non-hydrogen) atoms. The van der Waals surface area contributed by atoms with Gasteiger partial charge in [0.05, 0.1) is 0 Å². The van der Waals surface area contributed by atoms with E-state index in [0.717, 1.165) is 25.8 Å². The van der Waals surface area contributed by atoms with E-state index in [0.29, 0.717) is 11.1 Å². The highest BCUT2D eigenvalue weighted by Gasteiger charge is 2.32. The van der Waals surface area contributed by atoms with E-state index in [1.807, 2.05) is 4.90 Å². The van der Waals surface area contributed by atoms with E-state index >= 15 is 0 Å². The molecule has 2 rings (SSSR count). The van der Waals surface area contributed by atoms with E-state index in [2.05, 4.69) is 13.8 Å². The van der Waals surface area contributed by atoms with Gasteiger partial charge < -0.3 is 10.6 Å². The molecule has 4 nitrogen and oxygen atoms in total. The number of carbonyl (C=O) groups excluding carboxylic acids is 2. The van der Waals surface area contributed by atoms with Crippen LogP contribution in [-0.4, -0.2) is 28.8 Å². The van der Waals surface area contributed by atoms with E-state index in [1.165, 1.54) is 6.42 Å². The lowest BCUT2D eigenvalue weighted by Crippen LogP contribution is -2.47. The third kappa shape index (κ3) is 3.00. The first-order chi connectivity index (χ1) is 9.42. The van der Waals surface area contributed by atoms with Crippen molar-refractivity contribution in [3.05, 3.63) is 35.4 Å². The van der Waals surface area contributed by atoms with E-state index in [-0.39, 0.29) is 11.4 Å². The molecule has 4 heteroatoms. The summed E-state index contributed by atoms with van der Waals surface area (Å²) in [5, 5.41) is 0. The Kier molecular flexibility index (Phi) is 4.12. The lowest BCUT2D eigenvalue weighted by atomic mass is 9.96. The zero-order valence-corrected chi connectivity index (χ0v) is 12.2. The van der Waals surface area contributed by atoms with Gasteiger partial charge in [-0.1, -0.05) is 12.8 Å². The summed E-state index contributed by atoms with van der Waals surface area (Å²) in [5.41, 5.74) is 6.14. The van der Waals surface area contributed by atoms with Gasteiger partial charge in [-0.05, 0) is 51.0 Å².